The number of rotatable bonds is 11. The van der Waals surface area contributed by atoms with E-state index in [-0.39, 0.29) is 11.6 Å². The highest BCUT2D eigenvalue weighted by Crippen LogP contribution is 2.37. The Labute approximate surface area is 268 Å². The van der Waals surface area contributed by atoms with Gasteiger partial charge in [-0.3, -0.25) is 19.2 Å². The molecule has 1 unspecified atom stereocenters. The fourth-order valence-corrected chi connectivity index (χ4v) is 5.98. The average molecular weight is 633 g/mol. The fraction of sp³-hybridized carbons (Fsp3) is 0.0286. The van der Waals surface area contributed by atoms with E-state index in [1.807, 2.05) is 59.3 Å². The molecule has 1 heterocycles. The molecule has 0 radical (unpaired) electrons. The van der Waals surface area contributed by atoms with Crippen LogP contribution >= 0.6 is 23.1 Å². The van der Waals surface area contributed by atoms with Crippen LogP contribution in [0.2, 0.25) is 0 Å². The molecule has 1 aromatic heterocycles. The average Bonchev–Trinajstić information content (AvgIpc) is 3.58. The quantitative estimate of drug-likeness (QED) is 0.0948. The van der Waals surface area contributed by atoms with Crippen LogP contribution in [0.25, 0.3) is 6.08 Å². The maximum absolute atomic E-state index is 13.5. The van der Waals surface area contributed by atoms with Crippen molar-refractivity contribution in [3.8, 4) is 0 Å². The zero-order valence-corrected chi connectivity index (χ0v) is 25.4. The molecular weight excluding hydrogens is 605 g/mol. The van der Waals surface area contributed by atoms with E-state index in [1.165, 1.54) is 23.1 Å². The third-order valence-corrected chi connectivity index (χ3v) is 8.46. The Kier molecular flexibility index (Phi) is 10.2. The minimum absolute atomic E-state index is 0.0872. The topological polar surface area (TPSA) is 130 Å². The molecule has 5 aromatic rings. The molecule has 0 aliphatic rings. The van der Waals surface area contributed by atoms with E-state index < -0.39 is 23.0 Å². The molecule has 0 saturated heterocycles. The highest BCUT2D eigenvalue weighted by Gasteiger charge is 2.23. The summed E-state index contributed by atoms with van der Waals surface area (Å²) in [4.78, 5) is 52.0. The molecule has 5 rings (SSSR count). The van der Waals surface area contributed by atoms with E-state index in [0.29, 0.717) is 22.5 Å². The van der Waals surface area contributed by atoms with Crippen LogP contribution in [0.4, 0.5) is 11.4 Å². The zero-order chi connectivity index (χ0) is 31.6. The van der Waals surface area contributed by atoms with Crippen molar-refractivity contribution in [3.63, 3.8) is 0 Å². The lowest BCUT2D eigenvalue weighted by Gasteiger charge is -2.18. The summed E-state index contributed by atoms with van der Waals surface area (Å²) in [7, 11) is 0. The molecule has 0 bridgehead atoms. The lowest BCUT2D eigenvalue weighted by atomic mass is 10.1. The Bertz CT molecular complexity index is 1830. The summed E-state index contributed by atoms with van der Waals surface area (Å²) in [5.41, 5.74) is 8.77. The lowest BCUT2D eigenvalue weighted by molar-refractivity contribution is -0.116. The molecule has 0 fully saturated rings. The SMILES string of the molecule is NC(=O)c1ccc(NC(=O)C(Sc2cccc(NC(=O)/C(=C/c3ccsc3)NC(=O)c3ccccc3)c2)c2ccccc2)cc1. The Hall–Kier alpha value is -5.45. The van der Waals surface area contributed by atoms with Gasteiger partial charge in [-0.15, -0.1) is 11.8 Å². The van der Waals surface area contributed by atoms with Gasteiger partial charge in [-0.1, -0.05) is 54.6 Å². The van der Waals surface area contributed by atoms with Crippen LogP contribution in [0, 0.1) is 0 Å². The highest BCUT2D eigenvalue weighted by molar-refractivity contribution is 8.00. The standard InChI is InChI=1S/C35H28N4O4S2/c36-32(40)25-14-16-27(17-15-25)37-35(43)31(24-8-3-1-4-9-24)45-29-13-7-12-28(21-29)38-34(42)30(20-23-18-19-44-22-23)39-33(41)26-10-5-2-6-11-26/h1-22,31H,(H2,36,40)(H,37,43)(H,38,42)(H,39,41)/b30-20-. The van der Waals surface area contributed by atoms with Crippen LogP contribution in [-0.4, -0.2) is 23.6 Å². The van der Waals surface area contributed by atoms with Crippen LogP contribution in [0.3, 0.4) is 0 Å². The van der Waals surface area contributed by atoms with Gasteiger partial charge >= 0.3 is 0 Å². The van der Waals surface area contributed by atoms with Crippen LogP contribution in [0.5, 0.6) is 0 Å². The smallest absolute Gasteiger partial charge is 0.272 e. The van der Waals surface area contributed by atoms with Gasteiger partial charge in [-0.25, -0.2) is 0 Å². The van der Waals surface area contributed by atoms with Crippen molar-refractivity contribution in [2.75, 3.05) is 10.6 Å². The van der Waals surface area contributed by atoms with Crippen molar-refractivity contribution < 1.29 is 19.2 Å². The van der Waals surface area contributed by atoms with Crippen LogP contribution in [-0.2, 0) is 9.59 Å². The van der Waals surface area contributed by atoms with E-state index in [0.717, 1.165) is 16.0 Å². The Morgan fingerprint density at radius 2 is 1.44 bits per heavy atom. The van der Waals surface area contributed by atoms with Crippen molar-refractivity contribution in [1.29, 1.82) is 0 Å². The molecule has 4 aromatic carbocycles. The zero-order valence-electron chi connectivity index (χ0n) is 23.8. The van der Waals surface area contributed by atoms with Gasteiger partial charge in [-0.05, 0) is 88.6 Å². The number of thioether (sulfide) groups is 1. The normalized spacial score (nSPS) is 11.7. The molecule has 0 saturated carbocycles. The van der Waals surface area contributed by atoms with Crippen molar-refractivity contribution in [2.24, 2.45) is 5.73 Å². The van der Waals surface area contributed by atoms with E-state index in [4.69, 9.17) is 5.73 Å². The predicted molar refractivity (Wildman–Crippen MR) is 180 cm³/mol. The number of anilines is 2. The van der Waals surface area contributed by atoms with E-state index in [9.17, 15) is 19.2 Å². The summed E-state index contributed by atoms with van der Waals surface area (Å²) in [5.74, 6) is -1.72. The number of primary amides is 1. The maximum Gasteiger partial charge on any atom is 0.272 e. The second kappa shape index (κ2) is 14.8. The molecule has 45 heavy (non-hydrogen) atoms. The monoisotopic (exact) mass is 632 g/mol. The summed E-state index contributed by atoms with van der Waals surface area (Å²) in [5, 5.41) is 11.7. The number of hydrogen-bond acceptors (Lipinski definition) is 6. The molecule has 4 amide bonds. The predicted octanol–water partition coefficient (Wildman–Crippen LogP) is 6.73. The van der Waals surface area contributed by atoms with Crippen LogP contribution in [0.15, 0.2) is 137 Å². The second-order valence-electron chi connectivity index (χ2n) is 9.76. The van der Waals surface area contributed by atoms with Gasteiger partial charge in [0.1, 0.15) is 10.9 Å². The number of carbonyl (C=O) groups excluding carboxylic acids is 4. The van der Waals surface area contributed by atoms with E-state index in [2.05, 4.69) is 16.0 Å². The number of thiophene rings is 1. The molecule has 8 nitrogen and oxygen atoms in total. The molecule has 1 atom stereocenters. The molecule has 5 N–H and O–H groups in total. The van der Waals surface area contributed by atoms with Gasteiger partial charge in [-0.2, -0.15) is 11.3 Å². The first-order chi connectivity index (χ1) is 21.9. The first-order valence-electron chi connectivity index (χ1n) is 13.8. The number of nitrogens with one attached hydrogen (secondary N) is 3. The Balaban J connectivity index is 1.34. The summed E-state index contributed by atoms with van der Waals surface area (Å²) >= 11 is 2.80. The van der Waals surface area contributed by atoms with Crippen molar-refractivity contribution in [2.45, 2.75) is 10.1 Å². The van der Waals surface area contributed by atoms with Gasteiger partial charge in [0, 0.05) is 27.4 Å². The number of amides is 4. The van der Waals surface area contributed by atoms with Gasteiger partial charge in [0.05, 0.1) is 0 Å². The maximum atomic E-state index is 13.5. The van der Waals surface area contributed by atoms with Crippen LogP contribution < -0.4 is 21.7 Å². The summed E-state index contributed by atoms with van der Waals surface area (Å²) in [6.07, 6.45) is 1.62. The number of hydrogen-bond donors (Lipinski definition) is 4. The number of benzene rings is 4. The largest absolute Gasteiger partial charge is 0.366 e. The third-order valence-electron chi connectivity index (χ3n) is 6.51. The van der Waals surface area contributed by atoms with Crippen molar-refractivity contribution in [3.05, 3.63) is 154 Å². The lowest BCUT2D eigenvalue weighted by Crippen LogP contribution is -2.30. The van der Waals surface area contributed by atoms with Crippen LogP contribution in [0.1, 0.15) is 37.1 Å². The van der Waals surface area contributed by atoms with Crippen molar-refractivity contribution in [1.82, 2.24) is 5.32 Å². The van der Waals surface area contributed by atoms with Gasteiger partial charge < -0.3 is 21.7 Å². The summed E-state index contributed by atoms with van der Waals surface area (Å²) in [6.45, 7) is 0. The highest BCUT2D eigenvalue weighted by atomic mass is 32.2. The second-order valence-corrected chi connectivity index (χ2v) is 11.7. The molecule has 0 aliphatic carbocycles. The summed E-state index contributed by atoms with van der Waals surface area (Å²) < 4.78 is 0. The van der Waals surface area contributed by atoms with Gasteiger partial charge in [0.25, 0.3) is 11.8 Å². The first kappa shape index (κ1) is 31.0. The third kappa shape index (κ3) is 8.56. The molecular formula is C35H28N4O4S2. The van der Waals surface area contributed by atoms with E-state index >= 15 is 0 Å². The minimum atomic E-state index is -0.632. The van der Waals surface area contributed by atoms with E-state index in [1.54, 1.807) is 72.8 Å². The number of carbonyl (C=O) groups is 4. The minimum Gasteiger partial charge on any atom is -0.366 e. The first-order valence-corrected chi connectivity index (χ1v) is 15.6. The molecule has 224 valence electrons. The molecule has 0 aliphatic heterocycles. The Morgan fingerprint density at radius 3 is 2.11 bits per heavy atom. The Morgan fingerprint density at radius 1 is 0.733 bits per heavy atom. The molecule has 10 heteroatoms. The van der Waals surface area contributed by atoms with Gasteiger partial charge in [0.15, 0.2) is 0 Å². The molecule has 0 spiro atoms. The van der Waals surface area contributed by atoms with Gasteiger partial charge in [0.2, 0.25) is 11.8 Å². The summed E-state index contributed by atoms with van der Waals surface area (Å²) in [6, 6.07) is 33.4. The fourth-order valence-electron chi connectivity index (χ4n) is 4.27. The number of nitrogens with two attached hydrogens (primary N) is 1. The van der Waals surface area contributed by atoms with Crippen molar-refractivity contribution >= 4 is 64.2 Å².